The summed E-state index contributed by atoms with van der Waals surface area (Å²) in [5.74, 6) is 0. The number of aliphatic hydroxyl groups excluding tert-OH is 1. The fourth-order valence-corrected chi connectivity index (χ4v) is 2.78. The molecule has 0 fully saturated rings. The van der Waals surface area contributed by atoms with Crippen molar-refractivity contribution in [2.45, 2.75) is 19.9 Å². The predicted octanol–water partition coefficient (Wildman–Crippen LogP) is 2.46. The van der Waals surface area contributed by atoms with E-state index in [9.17, 15) is 0 Å². The number of thiophene rings is 1. The molecule has 2 N–H and O–H groups in total. The van der Waals surface area contributed by atoms with Gasteiger partial charge >= 0.3 is 0 Å². The minimum Gasteiger partial charge on any atom is -0.394 e. The Kier molecular flexibility index (Phi) is 4.38. The van der Waals surface area contributed by atoms with Gasteiger partial charge in [0, 0.05) is 14.2 Å². The van der Waals surface area contributed by atoms with Crippen LogP contribution in [-0.4, -0.2) is 18.3 Å². The standard InChI is InChI=1S/C9H14BrNOS/c1-3-11-8(5-12)9-4-7(10)6(2)13-9/h4,8,11-12H,3,5H2,1-2H3. The van der Waals surface area contributed by atoms with Crippen molar-refractivity contribution in [3.05, 3.63) is 20.3 Å². The third-order valence-corrected chi connectivity index (χ3v) is 4.10. The third-order valence-electron chi connectivity index (χ3n) is 1.85. The van der Waals surface area contributed by atoms with Crippen molar-refractivity contribution in [3.63, 3.8) is 0 Å². The van der Waals surface area contributed by atoms with Crippen LogP contribution in [0.2, 0.25) is 0 Å². The third kappa shape index (κ3) is 2.77. The van der Waals surface area contributed by atoms with E-state index in [1.54, 1.807) is 11.3 Å². The summed E-state index contributed by atoms with van der Waals surface area (Å²) in [6.07, 6.45) is 0. The molecule has 1 unspecified atom stereocenters. The van der Waals surface area contributed by atoms with E-state index in [1.807, 2.05) is 6.92 Å². The maximum atomic E-state index is 9.14. The molecule has 2 nitrogen and oxygen atoms in total. The number of hydrogen-bond acceptors (Lipinski definition) is 3. The highest BCUT2D eigenvalue weighted by Gasteiger charge is 2.12. The quantitative estimate of drug-likeness (QED) is 0.875. The van der Waals surface area contributed by atoms with Gasteiger partial charge in [-0.3, -0.25) is 0 Å². The molecule has 0 amide bonds. The number of halogens is 1. The van der Waals surface area contributed by atoms with Crippen LogP contribution in [0.4, 0.5) is 0 Å². The van der Waals surface area contributed by atoms with Crippen molar-refractivity contribution in [2.24, 2.45) is 0 Å². The molecule has 0 saturated carbocycles. The van der Waals surface area contributed by atoms with Crippen LogP contribution in [-0.2, 0) is 0 Å². The zero-order valence-electron chi connectivity index (χ0n) is 7.80. The van der Waals surface area contributed by atoms with Crippen molar-refractivity contribution in [3.8, 4) is 0 Å². The van der Waals surface area contributed by atoms with Crippen molar-refractivity contribution >= 4 is 27.3 Å². The van der Waals surface area contributed by atoms with Gasteiger partial charge in [-0.15, -0.1) is 11.3 Å². The molecule has 0 aromatic carbocycles. The molecule has 1 rings (SSSR count). The van der Waals surface area contributed by atoms with E-state index in [0.717, 1.165) is 11.0 Å². The summed E-state index contributed by atoms with van der Waals surface area (Å²) in [4.78, 5) is 2.44. The second-order valence-corrected chi connectivity index (χ2v) is 4.99. The highest BCUT2D eigenvalue weighted by Crippen LogP contribution is 2.30. The fourth-order valence-electron chi connectivity index (χ4n) is 1.15. The lowest BCUT2D eigenvalue weighted by Crippen LogP contribution is -2.22. The van der Waals surface area contributed by atoms with Crippen LogP contribution in [0.25, 0.3) is 0 Å². The first-order valence-electron chi connectivity index (χ1n) is 4.29. The summed E-state index contributed by atoms with van der Waals surface area (Å²) >= 11 is 5.18. The Balaban J connectivity index is 2.78. The van der Waals surface area contributed by atoms with Crippen molar-refractivity contribution in [1.29, 1.82) is 0 Å². The zero-order chi connectivity index (χ0) is 9.84. The fraction of sp³-hybridized carbons (Fsp3) is 0.556. The van der Waals surface area contributed by atoms with Gasteiger partial charge in [0.15, 0.2) is 0 Å². The zero-order valence-corrected chi connectivity index (χ0v) is 10.2. The van der Waals surface area contributed by atoms with Crippen LogP contribution in [0.1, 0.15) is 22.7 Å². The molecule has 74 valence electrons. The number of likely N-dealkylation sites (N-methyl/N-ethyl adjacent to an activating group) is 1. The Labute approximate surface area is 91.1 Å². The second kappa shape index (κ2) is 5.10. The molecule has 1 atom stereocenters. The van der Waals surface area contributed by atoms with Gasteiger partial charge in [-0.05, 0) is 35.5 Å². The van der Waals surface area contributed by atoms with E-state index in [0.29, 0.717) is 0 Å². The molecule has 0 spiro atoms. The summed E-state index contributed by atoms with van der Waals surface area (Å²) < 4.78 is 1.13. The van der Waals surface area contributed by atoms with Gasteiger partial charge in [0.2, 0.25) is 0 Å². The van der Waals surface area contributed by atoms with Crippen molar-refractivity contribution in [2.75, 3.05) is 13.2 Å². The molecule has 1 aromatic heterocycles. The monoisotopic (exact) mass is 263 g/mol. The van der Waals surface area contributed by atoms with Crippen LogP contribution in [0, 0.1) is 6.92 Å². The average Bonchev–Trinajstić information content (AvgIpc) is 2.43. The molecule has 0 aliphatic rings. The largest absolute Gasteiger partial charge is 0.394 e. The van der Waals surface area contributed by atoms with E-state index in [2.05, 4.69) is 34.2 Å². The van der Waals surface area contributed by atoms with Crippen molar-refractivity contribution < 1.29 is 5.11 Å². The summed E-state index contributed by atoms with van der Waals surface area (Å²) in [7, 11) is 0. The van der Waals surface area contributed by atoms with Gasteiger partial charge in [0.05, 0.1) is 12.6 Å². The normalized spacial score (nSPS) is 13.2. The van der Waals surface area contributed by atoms with Gasteiger partial charge in [0.25, 0.3) is 0 Å². The summed E-state index contributed by atoms with van der Waals surface area (Å²) in [5.41, 5.74) is 0. The molecule has 0 aliphatic heterocycles. The van der Waals surface area contributed by atoms with Crippen LogP contribution in [0.15, 0.2) is 10.5 Å². The highest BCUT2D eigenvalue weighted by molar-refractivity contribution is 9.10. The number of aliphatic hydroxyl groups is 1. The minimum atomic E-state index is 0.0833. The molecular formula is C9H14BrNOS. The van der Waals surface area contributed by atoms with Crippen LogP contribution < -0.4 is 5.32 Å². The van der Waals surface area contributed by atoms with Crippen LogP contribution >= 0.6 is 27.3 Å². The Bertz CT molecular complexity index is 255. The topological polar surface area (TPSA) is 32.3 Å². The Morgan fingerprint density at radius 1 is 1.69 bits per heavy atom. The maximum Gasteiger partial charge on any atom is 0.0650 e. The molecule has 1 aromatic rings. The molecule has 0 radical (unpaired) electrons. The van der Waals surface area contributed by atoms with E-state index < -0.39 is 0 Å². The minimum absolute atomic E-state index is 0.0833. The first-order chi connectivity index (χ1) is 6.19. The van der Waals surface area contributed by atoms with E-state index in [1.165, 1.54) is 9.75 Å². The maximum absolute atomic E-state index is 9.14. The van der Waals surface area contributed by atoms with Gasteiger partial charge in [0.1, 0.15) is 0 Å². The predicted molar refractivity (Wildman–Crippen MR) is 60.3 cm³/mol. The lowest BCUT2D eigenvalue weighted by atomic mass is 10.2. The number of nitrogens with one attached hydrogen (secondary N) is 1. The molecule has 0 bridgehead atoms. The highest BCUT2D eigenvalue weighted by atomic mass is 79.9. The first kappa shape index (κ1) is 11.2. The summed E-state index contributed by atoms with van der Waals surface area (Å²) in [6, 6.07) is 2.16. The molecule has 4 heteroatoms. The molecule has 0 saturated heterocycles. The molecular weight excluding hydrogens is 250 g/mol. The van der Waals surface area contributed by atoms with Crippen molar-refractivity contribution in [1.82, 2.24) is 5.32 Å². The van der Waals surface area contributed by atoms with E-state index in [-0.39, 0.29) is 12.6 Å². The Hall–Kier alpha value is 0.1000. The average molecular weight is 264 g/mol. The lowest BCUT2D eigenvalue weighted by molar-refractivity contribution is 0.248. The molecule has 1 heterocycles. The van der Waals surface area contributed by atoms with E-state index >= 15 is 0 Å². The Morgan fingerprint density at radius 2 is 2.38 bits per heavy atom. The van der Waals surface area contributed by atoms with Gasteiger partial charge < -0.3 is 10.4 Å². The lowest BCUT2D eigenvalue weighted by Gasteiger charge is -2.12. The van der Waals surface area contributed by atoms with E-state index in [4.69, 9.17) is 5.11 Å². The Morgan fingerprint density at radius 3 is 2.77 bits per heavy atom. The number of rotatable bonds is 4. The molecule has 13 heavy (non-hydrogen) atoms. The van der Waals surface area contributed by atoms with Gasteiger partial charge in [-0.2, -0.15) is 0 Å². The van der Waals surface area contributed by atoms with Crippen LogP contribution in [0.3, 0.4) is 0 Å². The smallest absolute Gasteiger partial charge is 0.0650 e. The molecule has 0 aliphatic carbocycles. The second-order valence-electron chi connectivity index (χ2n) is 2.85. The summed E-state index contributed by atoms with van der Waals surface area (Å²) in [6.45, 7) is 5.14. The van der Waals surface area contributed by atoms with Gasteiger partial charge in [-0.1, -0.05) is 6.92 Å². The number of aryl methyl sites for hydroxylation is 1. The SMILES string of the molecule is CCNC(CO)c1cc(Br)c(C)s1. The van der Waals surface area contributed by atoms with Crippen LogP contribution in [0.5, 0.6) is 0 Å². The summed E-state index contributed by atoms with van der Waals surface area (Å²) in [5, 5.41) is 12.4. The number of hydrogen-bond donors (Lipinski definition) is 2. The van der Waals surface area contributed by atoms with Gasteiger partial charge in [-0.25, -0.2) is 0 Å². The first-order valence-corrected chi connectivity index (χ1v) is 5.90.